The Morgan fingerprint density at radius 1 is 0.833 bits per heavy atom. The van der Waals surface area contributed by atoms with E-state index in [1.165, 1.54) is 33.4 Å². The van der Waals surface area contributed by atoms with Crippen molar-refractivity contribution in [3.63, 3.8) is 0 Å². The average molecular weight is 317 g/mol. The van der Waals surface area contributed by atoms with E-state index in [9.17, 15) is 0 Å². The molecule has 2 aromatic rings. The Labute approximate surface area is 146 Å². The molecule has 2 atom stereocenters. The summed E-state index contributed by atoms with van der Waals surface area (Å²) in [7, 11) is 0. The van der Waals surface area contributed by atoms with Crippen LogP contribution in [-0.2, 0) is 0 Å². The molecule has 0 amide bonds. The number of hydrogen-bond donors (Lipinski definition) is 1. The van der Waals surface area contributed by atoms with Crippen LogP contribution in [0.5, 0.6) is 0 Å². The molecule has 2 aromatic carbocycles. The van der Waals surface area contributed by atoms with Gasteiger partial charge in [0.05, 0.1) is 0 Å². The zero-order valence-corrected chi connectivity index (χ0v) is 15.4. The molecule has 3 rings (SSSR count). The number of para-hydroxylation sites is 1. The van der Waals surface area contributed by atoms with E-state index in [0.717, 1.165) is 5.69 Å². The number of hydrogen-bond acceptors (Lipinski definition) is 1. The molecule has 2 unspecified atom stereocenters. The van der Waals surface area contributed by atoms with Gasteiger partial charge in [-0.3, -0.25) is 0 Å². The lowest BCUT2D eigenvalue weighted by Crippen LogP contribution is -2.10. The Morgan fingerprint density at radius 2 is 1.46 bits per heavy atom. The third-order valence-corrected chi connectivity index (χ3v) is 5.51. The molecule has 0 saturated heterocycles. The fourth-order valence-electron chi connectivity index (χ4n) is 3.78. The van der Waals surface area contributed by atoms with E-state index in [-0.39, 0.29) is 6.04 Å². The van der Waals surface area contributed by atoms with Crippen molar-refractivity contribution in [2.75, 3.05) is 5.32 Å². The van der Waals surface area contributed by atoms with Crippen LogP contribution in [0, 0.1) is 5.92 Å². The summed E-state index contributed by atoms with van der Waals surface area (Å²) in [5.41, 5.74) is 9.80. The number of anilines is 1. The van der Waals surface area contributed by atoms with Gasteiger partial charge in [0.1, 0.15) is 0 Å². The van der Waals surface area contributed by atoms with Gasteiger partial charge in [-0.1, -0.05) is 55.0 Å². The second-order valence-corrected chi connectivity index (χ2v) is 6.89. The van der Waals surface area contributed by atoms with Crippen LogP contribution in [-0.4, -0.2) is 0 Å². The lowest BCUT2D eigenvalue weighted by Gasteiger charge is -2.22. The monoisotopic (exact) mass is 317 g/mol. The predicted octanol–water partition coefficient (Wildman–Crippen LogP) is 6.62. The van der Waals surface area contributed by atoms with E-state index in [4.69, 9.17) is 0 Å². The minimum Gasteiger partial charge on any atom is -0.378 e. The molecule has 0 fully saturated rings. The molecule has 0 saturated carbocycles. The molecule has 0 aromatic heterocycles. The largest absolute Gasteiger partial charge is 0.378 e. The lowest BCUT2D eigenvalue weighted by molar-refractivity contribution is 0.859. The van der Waals surface area contributed by atoms with Crippen LogP contribution in [0.15, 0.2) is 71.3 Å². The third kappa shape index (κ3) is 2.91. The molecule has 1 N–H and O–H groups in total. The molecule has 1 aliphatic carbocycles. The van der Waals surface area contributed by atoms with Crippen LogP contribution in [0.25, 0.3) is 5.57 Å². The summed E-state index contributed by atoms with van der Waals surface area (Å²) in [6, 6.07) is 19.5. The number of benzene rings is 2. The van der Waals surface area contributed by atoms with Gasteiger partial charge in [0.25, 0.3) is 0 Å². The first-order valence-electron chi connectivity index (χ1n) is 8.80. The van der Waals surface area contributed by atoms with Gasteiger partial charge in [0.2, 0.25) is 0 Å². The Hall–Kier alpha value is -2.28. The van der Waals surface area contributed by atoms with Gasteiger partial charge in [-0.25, -0.2) is 0 Å². The molecule has 0 bridgehead atoms. The van der Waals surface area contributed by atoms with Gasteiger partial charge < -0.3 is 5.32 Å². The average Bonchev–Trinajstić information content (AvgIpc) is 2.79. The number of allylic oxidation sites excluding steroid dienone is 4. The second kappa shape index (κ2) is 6.68. The standard InChI is InChI=1S/C23H27N/c1-15-16(2)18(4)23(17(15)3)22-14-10-9-13-21(22)19(5)24-20-11-7-6-8-12-20/h6-14,17,19,24H,1-5H3. The molecule has 1 heteroatoms. The van der Waals surface area contributed by atoms with E-state index < -0.39 is 0 Å². The fourth-order valence-corrected chi connectivity index (χ4v) is 3.78. The summed E-state index contributed by atoms with van der Waals surface area (Å²) in [5, 5.41) is 3.64. The van der Waals surface area contributed by atoms with E-state index in [1.807, 2.05) is 0 Å². The van der Waals surface area contributed by atoms with Crippen molar-refractivity contribution in [3.05, 3.63) is 82.4 Å². The van der Waals surface area contributed by atoms with Gasteiger partial charge in [0.15, 0.2) is 0 Å². The highest BCUT2D eigenvalue weighted by Crippen LogP contribution is 2.44. The molecule has 124 valence electrons. The van der Waals surface area contributed by atoms with Crippen LogP contribution < -0.4 is 5.32 Å². The van der Waals surface area contributed by atoms with Crippen molar-refractivity contribution in [1.29, 1.82) is 0 Å². The first kappa shape index (κ1) is 16.6. The quantitative estimate of drug-likeness (QED) is 0.668. The maximum Gasteiger partial charge on any atom is 0.0491 e. The molecule has 24 heavy (non-hydrogen) atoms. The minimum atomic E-state index is 0.261. The SMILES string of the molecule is CC1=C(C)C(C)C(c2ccccc2C(C)Nc2ccccc2)=C1C. The lowest BCUT2D eigenvalue weighted by atomic mass is 9.87. The van der Waals surface area contributed by atoms with Crippen molar-refractivity contribution in [2.24, 2.45) is 5.92 Å². The van der Waals surface area contributed by atoms with Crippen LogP contribution in [0.4, 0.5) is 5.69 Å². The molecular weight excluding hydrogens is 290 g/mol. The highest BCUT2D eigenvalue weighted by atomic mass is 14.9. The zero-order valence-electron chi connectivity index (χ0n) is 15.4. The number of rotatable bonds is 4. The minimum absolute atomic E-state index is 0.261. The van der Waals surface area contributed by atoms with Gasteiger partial charge in [-0.05, 0) is 67.7 Å². The van der Waals surface area contributed by atoms with Crippen molar-refractivity contribution in [1.82, 2.24) is 0 Å². The molecule has 1 nitrogen and oxygen atoms in total. The van der Waals surface area contributed by atoms with Crippen LogP contribution in [0.2, 0.25) is 0 Å². The van der Waals surface area contributed by atoms with Crippen molar-refractivity contribution >= 4 is 11.3 Å². The van der Waals surface area contributed by atoms with Gasteiger partial charge in [-0.2, -0.15) is 0 Å². The van der Waals surface area contributed by atoms with Crippen molar-refractivity contribution in [2.45, 2.75) is 40.7 Å². The second-order valence-electron chi connectivity index (χ2n) is 6.89. The molecule has 0 aliphatic heterocycles. The highest BCUT2D eigenvalue weighted by Gasteiger charge is 2.26. The van der Waals surface area contributed by atoms with E-state index >= 15 is 0 Å². The third-order valence-electron chi connectivity index (χ3n) is 5.51. The summed E-state index contributed by atoms with van der Waals surface area (Å²) in [4.78, 5) is 0. The summed E-state index contributed by atoms with van der Waals surface area (Å²) < 4.78 is 0. The first-order valence-corrected chi connectivity index (χ1v) is 8.80. The molecular formula is C23H27N. The number of nitrogens with one attached hydrogen (secondary N) is 1. The van der Waals surface area contributed by atoms with Crippen LogP contribution in [0.3, 0.4) is 0 Å². The summed E-state index contributed by atoms with van der Waals surface area (Å²) in [5.74, 6) is 0.495. The molecule has 0 heterocycles. The predicted molar refractivity (Wildman–Crippen MR) is 105 cm³/mol. The smallest absolute Gasteiger partial charge is 0.0491 e. The zero-order chi connectivity index (χ0) is 17.3. The van der Waals surface area contributed by atoms with Gasteiger partial charge in [-0.15, -0.1) is 0 Å². The van der Waals surface area contributed by atoms with Crippen LogP contribution in [0.1, 0.15) is 51.8 Å². The molecule has 0 spiro atoms. The molecule has 1 aliphatic rings. The van der Waals surface area contributed by atoms with E-state index in [0.29, 0.717) is 5.92 Å². The maximum absolute atomic E-state index is 3.64. The normalized spacial score (nSPS) is 19.0. The Morgan fingerprint density at radius 3 is 2.08 bits per heavy atom. The summed E-state index contributed by atoms with van der Waals surface area (Å²) in [6.45, 7) is 11.4. The first-order chi connectivity index (χ1) is 11.5. The molecule has 0 radical (unpaired) electrons. The summed E-state index contributed by atoms with van der Waals surface area (Å²) in [6.07, 6.45) is 0. The Bertz CT molecular complexity index is 796. The van der Waals surface area contributed by atoms with E-state index in [2.05, 4.69) is 94.5 Å². The fraction of sp³-hybridized carbons (Fsp3) is 0.304. The van der Waals surface area contributed by atoms with Crippen LogP contribution >= 0.6 is 0 Å². The van der Waals surface area contributed by atoms with Gasteiger partial charge in [0, 0.05) is 17.6 Å². The van der Waals surface area contributed by atoms with Crippen molar-refractivity contribution in [3.8, 4) is 0 Å². The topological polar surface area (TPSA) is 12.0 Å². The maximum atomic E-state index is 3.64. The Balaban J connectivity index is 1.98. The van der Waals surface area contributed by atoms with Gasteiger partial charge >= 0.3 is 0 Å². The van der Waals surface area contributed by atoms with E-state index in [1.54, 1.807) is 0 Å². The highest BCUT2D eigenvalue weighted by molar-refractivity contribution is 5.81. The Kier molecular flexibility index (Phi) is 4.62. The summed E-state index contributed by atoms with van der Waals surface area (Å²) >= 11 is 0. The van der Waals surface area contributed by atoms with Crippen molar-refractivity contribution < 1.29 is 0 Å².